The number of aryl methyl sites for hydroxylation is 1. The average molecular weight is 253 g/mol. The second-order valence-electron chi connectivity index (χ2n) is 4.05. The van der Waals surface area contributed by atoms with Gasteiger partial charge in [0.2, 0.25) is 5.91 Å². The van der Waals surface area contributed by atoms with E-state index in [1.54, 1.807) is 0 Å². The van der Waals surface area contributed by atoms with Gasteiger partial charge in [0.05, 0.1) is 25.7 Å². The van der Waals surface area contributed by atoms with Gasteiger partial charge in [0, 0.05) is 6.54 Å². The van der Waals surface area contributed by atoms with Gasteiger partial charge in [-0.15, -0.1) is 0 Å². The van der Waals surface area contributed by atoms with Crippen LogP contribution >= 0.6 is 0 Å². The molecule has 1 aromatic carbocycles. The lowest BCUT2D eigenvalue weighted by Crippen LogP contribution is -2.34. The molecule has 1 atom stereocenters. The second kappa shape index (κ2) is 7.68. The Kier molecular flexibility index (Phi) is 6.18. The molecule has 1 rings (SSSR count). The first-order chi connectivity index (χ1) is 8.61. The fraction of sp³-hybridized carbons (Fsp3) is 0.462. The van der Waals surface area contributed by atoms with Gasteiger partial charge >= 0.3 is 0 Å². The van der Waals surface area contributed by atoms with Crippen molar-refractivity contribution in [1.29, 1.82) is 0 Å². The van der Waals surface area contributed by atoms with Gasteiger partial charge in [-0.05, 0) is 19.1 Å². The average Bonchev–Trinajstić information content (AvgIpc) is 2.38. The summed E-state index contributed by atoms with van der Waals surface area (Å²) in [5.74, 6) is 0.512. The molecule has 1 amide bonds. The van der Waals surface area contributed by atoms with Crippen molar-refractivity contribution in [3.63, 3.8) is 0 Å². The molecule has 18 heavy (non-hydrogen) atoms. The maximum Gasteiger partial charge on any atom is 0.223 e. The summed E-state index contributed by atoms with van der Waals surface area (Å²) in [5.41, 5.74) is 1.15. The molecule has 0 aromatic heterocycles. The number of benzene rings is 1. The van der Waals surface area contributed by atoms with Crippen molar-refractivity contribution in [3.8, 4) is 5.75 Å². The van der Waals surface area contributed by atoms with Crippen LogP contribution in [0, 0.1) is 6.92 Å². The first-order valence-corrected chi connectivity index (χ1v) is 5.87. The minimum absolute atomic E-state index is 0.0554. The number of hydrogen-bond acceptors (Lipinski definition) is 4. The number of ether oxygens (including phenoxy) is 1. The van der Waals surface area contributed by atoms with Gasteiger partial charge in [-0.3, -0.25) is 4.79 Å². The van der Waals surface area contributed by atoms with Crippen LogP contribution in [0.25, 0.3) is 0 Å². The number of aliphatic hydroxyl groups is 2. The summed E-state index contributed by atoms with van der Waals surface area (Å²) in [7, 11) is 0. The lowest BCUT2D eigenvalue weighted by Gasteiger charge is -2.09. The topological polar surface area (TPSA) is 78.8 Å². The Morgan fingerprint density at radius 3 is 2.67 bits per heavy atom. The van der Waals surface area contributed by atoms with E-state index >= 15 is 0 Å². The summed E-state index contributed by atoms with van der Waals surface area (Å²) >= 11 is 0. The Labute approximate surface area is 106 Å². The maximum absolute atomic E-state index is 11.3. The first-order valence-electron chi connectivity index (χ1n) is 5.87. The Morgan fingerprint density at radius 2 is 2.06 bits per heavy atom. The molecule has 0 aliphatic heterocycles. The van der Waals surface area contributed by atoms with E-state index in [9.17, 15) is 4.79 Å². The van der Waals surface area contributed by atoms with Gasteiger partial charge in [-0.25, -0.2) is 0 Å². The largest absolute Gasteiger partial charge is 0.493 e. The van der Waals surface area contributed by atoms with Gasteiger partial charge in [0.25, 0.3) is 0 Å². The summed E-state index contributed by atoms with van der Waals surface area (Å²) in [6.45, 7) is 1.97. The molecule has 0 saturated heterocycles. The van der Waals surface area contributed by atoms with Crippen molar-refractivity contribution in [2.45, 2.75) is 19.4 Å². The number of hydrogen-bond donors (Lipinski definition) is 3. The third-order valence-electron chi connectivity index (χ3n) is 2.36. The van der Waals surface area contributed by atoms with Gasteiger partial charge < -0.3 is 20.3 Å². The zero-order chi connectivity index (χ0) is 13.4. The SMILES string of the molecule is Cc1ccc(OCCC(=O)NCC(O)CO)cc1. The van der Waals surface area contributed by atoms with E-state index in [1.165, 1.54) is 0 Å². The Balaban J connectivity index is 2.17. The van der Waals surface area contributed by atoms with Crippen LogP contribution < -0.4 is 10.1 Å². The molecule has 0 fully saturated rings. The Hall–Kier alpha value is -1.59. The second-order valence-corrected chi connectivity index (χ2v) is 4.05. The molecule has 0 heterocycles. The van der Waals surface area contributed by atoms with Crippen LogP contribution in [0.4, 0.5) is 0 Å². The van der Waals surface area contributed by atoms with E-state index in [4.69, 9.17) is 14.9 Å². The van der Waals surface area contributed by atoms with E-state index in [2.05, 4.69) is 5.32 Å². The van der Waals surface area contributed by atoms with E-state index in [-0.39, 0.29) is 32.1 Å². The molecule has 0 aliphatic carbocycles. The minimum Gasteiger partial charge on any atom is -0.493 e. The molecule has 0 saturated carbocycles. The fourth-order valence-corrected chi connectivity index (χ4v) is 1.28. The number of nitrogens with one attached hydrogen (secondary N) is 1. The van der Waals surface area contributed by atoms with Crippen molar-refractivity contribution < 1.29 is 19.7 Å². The van der Waals surface area contributed by atoms with Crippen molar-refractivity contribution >= 4 is 5.91 Å². The number of amides is 1. The highest BCUT2D eigenvalue weighted by molar-refractivity contribution is 5.76. The fourth-order valence-electron chi connectivity index (χ4n) is 1.28. The molecule has 100 valence electrons. The maximum atomic E-state index is 11.3. The zero-order valence-corrected chi connectivity index (χ0v) is 10.4. The lowest BCUT2D eigenvalue weighted by molar-refractivity contribution is -0.122. The van der Waals surface area contributed by atoms with Crippen molar-refractivity contribution in [1.82, 2.24) is 5.32 Å². The monoisotopic (exact) mass is 253 g/mol. The molecule has 1 unspecified atom stereocenters. The van der Waals surface area contributed by atoms with Gasteiger partial charge in [-0.2, -0.15) is 0 Å². The van der Waals surface area contributed by atoms with Crippen LogP contribution in [0.5, 0.6) is 5.75 Å². The summed E-state index contributed by atoms with van der Waals surface area (Å²) < 4.78 is 5.39. The van der Waals surface area contributed by atoms with Crippen LogP contribution in [0.1, 0.15) is 12.0 Å². The number of aliphatic hydroxyl groups excluding tert-OH is 2. The number of rotatable bonds is 7. The van der Waals surface area contributed by atoms with Crippen LogP contribution in [0.3, 0.4) is 0 Å². The third-order valence-corrected chi connectivity index (χ3v) is 2.36. The molecule has 0 spiro atoms. The molecule has 0 aliphatic rings. The third kappa shape index (κ3) is 5.65. The van der Waals surface area contributed by atoms with Crippen LogP contribution in [0.15, 0.2) is 24.3 Å². The Bertz CT molecular complexity index is 364. The molecule has 5 nitrogen and oxygen atoms in total. The van der Waals surface area contributed by atoms with Gasteiger partial charge in [0.1, 0.15) is 5.75 Å². The van der Waals surface area contributed by atoms with E-state index in [1.807, 2.05) is 31.2 Å². The van der Waals surface area contributed by atoms with Crippen LogP contribution in [-0.4, -0.2) is 42.0 Å². The lowest BCUT2D eigenvalue weighted by atomic mass is 10.2. The summed E-state index contributed by atoms with van der Waals surface area (Å²) in [6.07, 6.45) is -0.696. The van der Waals surface area contributed by atoms with Crippen molar-refractivity contribution in [2.75, 3.05) is 19.8 Å². The zero-order valence-electron chi connectivity index (χ0n) is 10.4. The summed E-state index contributed by atoms with van der Waals surface area (Å²) in [5, 5.41) is 20.1. The molecular formula is C13H19NO4. The predicted molar refractivity (Wildman–Crippen MR) is 67.4 cm³/mol. The van der Waals surface area contributed by atoms with Crippen molar-refractivity contribution in [3.05, 3.63) is 29.8 Å². The quantitative estimate of drug-likeness (QED) is 0.650. The molecule has 0 bridgehead atoms. The smallest absolute Gasteiger partial charge is 0.223 e. The molecular weight excluding hydrogens is 234 g/mol. The molecule has 0 radical (unpaired) electrons. The van der Waals surface area contributed by atoms with E-state index < -0.39 is 6.10 Å². The standard InChI is InChI=1S/C13H19NO4/c1-10-2-4-12(5-3-10)18-7-6-13(17)14-8-11(16)9-15/h2-5,11,15-16H,6-9H2,1H3,(H,14,17). The van der Waals surface area contributed by atoms with Crippen molar-refractivity contribution in [2.24, 2.45) is 0 Å². The van der Waals surface area contributed by atoms with Crippen LogP contribution in [0.2, 0.25) is 0 Å². The highest BCUT2D eigenvalue weighted by Crippen LogP contribution is 2.11. The summed E-state index contributed by atoms with van der Waals surface area (Å²) in [4.78, 5) is 11.3. The minimum atomic E-state index is -0.910. The van der Waals surface area contributed by atoms with Gasteiger partial charge in [-0.1, -0.05) is 17.7 Å². The molecule has 3 N–H and O–H groups in total. The predicted octanol–water partition coefficient (Wildman–Crippen LogP) is 0.233. The van der Waals surface area contributed by atoms with E-state index in [0.29, 0.717) is 0 Å². The Morgan fingerprint density at radius 1 is 1.39 bits per heavy atom. The number of carbonyl (C=O) groups is 1. The molecule has 5 heteroatoms. The normalized spacial score (nSPS) is 11.9. The highest BCUT2D eigenvalue weighted by Gasteiger charge is 2.05. The summed E-state index contributed by atoms with van der Waals surface area (Å²) in [6, 6.07) is 7.57. The van der Waals surface area contributed by atoms with Gasteiger partial charge in [0.15, 0.2) is 0 Å². The first kappa shape index (κ1) is 14.5. The highest BCUT2D eigenvalue weighted by atomic mass is 16.5. The molecule has 1 aromatic rings. The van der Waals surface area contributed by atoms with E-state index in [0.717, 1.165) is 11.3 Å². The van der Waals surface area contributed by atoms with Crippen LogP contribution in [-0.2, 0) is 4.79 Å². The number of carbonyl (C=O) groups excluding carboxylic acids is 1.